The highest BCUT2D eigenvalue weighted by atomic mass is 32.2. The third kappa shape index (κ3) is 5.46. The van der Waals surface area contributed by atoms with Gasteiger partial charge in [-0.15, -0.1) is 0 Å². The molecule has 6 heteroatoms. The number of hydrogen-bond acceptors (Lipinski definition) is 5. The molecule has 1 aromatic heterocycles. The Hall–Kier alpha value is -2.60. The highest BCUT2D eigenvalue weighted by Crippen LogP contribution is 2.25. The Labute approximate surface area is 150 Å². The Morgan fingerprint density at radius 2 is 1.68 bits per heavy atom. The fourth-order valence-corrected chi connectivity index (χ4v) is 2.78. The number of rotatable bonds is 7. The first-order valence-corrected chi connectivity index (χ1v) is 8.67. The van der Waals surface area contributed by atoms with Gasteiger partial charge in [-0.1, -0.05) is 17.8 Å². The van der Waals surface area contributed by atoms with Crippen molar-refractivity contribution >= 4 is 11.8 Å². The van der Waals surface area contributed by atoms with Crippen LogP contribution in [-0.2, 0) is 0 Å². The molecule has 25 heavy (non-hydrogen) atoms. The van der Waals surface area contributed by atoms with Crippen molar-refractivity contribution in [2.24, 2.45) is 0 Å². The second-order valence-corrected chi connectivity index (χ2v) is 6.71. The highest BCUT2D eigenvalue weighted by Gasteiger charge is 2.08. The van der Waals surface area contributed by atoms with Gasteiger partial charge >= 0.3 is 0 Å². The molecule has 0 radical (unpaired) electrons. The summed E-state index contributed by atoms with van der Waals surface area (Å²) >= 11 is 1.56. The van der Waals surface area contributed by atoms with Crippen LogP contribution in [0.2, 0.25) is 0 Å². The molecule has 2 aromatic carbocycles. The van der Waals surface area contributed by atoms with Gasteiger partial charge in [-0.3, -0.25) is 0 Å². The Kier molecular flexibility index (Phi) is 5.85. The average Bonchev–Trinajstić information content (AvgIpc) is 2.62. The number of halogens is 1. The molecule has 1 heterocycles. The van der Waals surface area contributed by atoms with Gasteiger partial charge in [0, 0.05) is 23.7 Å². The molecule has 0 spiro atoms. The topological polar surface area (TPSA) is 44.2 Å². The molecule has 0 aliphatic heterocycles. The van der Waals surface area contributed by atoms with Gasteiger partial charge in [0.05, 0.1) is 0 Å². The van der Waals surface area contributed by atoms with Crippen LogP contribution in [0.5, 0.6) is 17.2 Å². The van der Waals surface area contributed by atoms with E-state index in [1.54, 1.807) is 54.5 Å². The van der Waals surface area contributed by atoms with Crippen LogP contribution < -0.4 is 9.47 Å². The minimum absolute atomic E-state index is 0.214. The van der Waals surface area contributed by atoms with Crippen LogP contribution in [0, 0.1) is 5.82 Å². The van der Waals surface area contributed by atoms with Gasteiger partial charge in [-0.2, -0.15) is 0 Å². The van der Waals surface area contributed by atoms with E-state index in [4.69, 9.17) is 9.47 Å². The van der Waals surface area contributed by atoms with Crippen LogP contribution in [0.4, 0.5) is 4.39 Å². The summed E-state index contributed by atoms with van der Waals surface area (Å²) in [5.41, 5.74) is 0. The summed E-state index contributed by atoms with van der Waals surface area (Å²) in [5, 5.41) is 0.947. The Balaban J connectivity index is 1.50. The fourth-order valence-electron chi connectivity index (χ4n) is 2.04. The predicted molar refractivity (Wildman–Crippen MR) is 95.8 cm³/mol. The molecular weight excluding hydrogens is 339 g/mol. The minimum atomic E-state index is -0.327. The molecule has 128 valence electrons. The second kappa shape index (κ2) is 8.48. The standard InChI is InChI=1S/C19H17FN2O2S/c1-14(25-19-21-10-3-11-22-19)13-23-16-6-8-17(9-7-16)24-18-5-2-4-15(20)12-18/h2-12,14H,13H2,1H3. The number of aromatic nitrogens is 2. The lowest BCUT2D eigenvalue weighted by Crippen LogP contribution is -2.10. The van der Waals surface area contributed by atoms with Crippen molar-refractivity contribution in [1.29, 1.82) is 0 Å². The van der Waals surface area contributed by atoms with Gasteiger partial charge in [-0.25, -0.2) is 14.4 Å². The number of ether oxygens (including phenoxy) is 2. The summed E-state index contributed by atoms with van der Waals surface area (Å²) in [6.45, 7) is 2.59. The molecule has 0 amide bonds. The number of benzene rings is 2. The van der Waals surface area contributed by atoms with Gasteiger partial charge in [0.15, 0.2) is 5.16 Å². The summed E-state index contributed by atoms with van der Waals surface area (Å²) in [7, 11) is 0. The van der Waals surface area contributed by atoms with Crippen molar-refractivity contribution in [1.82, 2.24) is 9.97 Å². The van der Waals surface area contributed by atoms with Gasteiger partial charge in [0.1, 0.15) is 29.7 Å². The smallest absolute Gasteiger partial charge is 0.187 e. The van der Waals surface area contributed by atoms with Crippen LogP contribution in [0.25, 0.3) is 0 Å². The molecule has 0 saturated heterocycles. The maximum absolute atomic E-state index is 13.2. The normalized spacial score (nSPS) is 11.8. The van der Waals surface area contributed by atoms with E-state index in [-0.39, 0.29) is 11.1 Å². The first-order chi connectivity index (χ1) is 12.2. The first kappa shape index (κ1) is 17.2. The van der Waals surface area contributed by atoms with Crippen molar-refractivity contribution in [2.75, 3.05) is 6.61 Å². The quantitative estimate of drug-likeness (QED) is 0.442. The lowest BCUT2D eigenvalue weighted by Gasteiger charge is -2.12. The Bertz CT molecular complexity index is 800. The van der Waals surface area contributed by atoms with E-state index in [2.05, 4.69) is 16.9 Å². The molecule has 1 unspecified atom stereocenters. The lowest BCUT2D eigenvalue weighted by molar-refractivity contribution is 0.321. The van der Waals surface area contributed by atoms with Crippen LogP contribution >= 0.6 is 11.8 Å². The fraction of sp³-hybridized carbons (Fsp3) is 0.158. The molecule has 0 aliphatic rings. The molecule has 0 aliphatic carbocycles. The van der Waals surface area contributed by atoms with Crippen LogP contribution in [0.1, 0.15) is 6.92 Å². The van der Waals surface area contributed by atoms with E-state index in [9.17, 15) is 4.39 Å². The molecule has 1 atom stereocenters. The van der Waals surface area contributed by atoms with E-state index in [1.807, 2.05) is 12.1 Å². The number of hydrogen-bond donors (Lipinski definition) is 0. The van der Waals surface area contributed by atoms with Crippen molar-refractivity contribution < 1.29 is 13.9 Å². The predicted octanol–water partition coefficient (Wildman–Crippen LogP) is 4.97. The monoisotopic (exact) mass is 356 g/mol. The average molecular weight is 356 g/mol. The van der Waals surface area contributed by atoms with Crippen molar-refractivity contribution in [3.8, 4) is 17.2 Å². The maximum atomic E-state index is 13.2. The molecule has 0 saturated carbocycles. The van der Waals surface area contributed by atoms with E-state index < -0.39 is 0 Å². The number of nitrogens with zero attached hydrogens (tertiary/aromatic N) is 2. The summed E-state index contributed by atoms with van der Waals surface area (Å²) in [6, 6.07) is 15.1. The van der Waals surface area contributed by atoms with Gasteiger partial charge in [0.25, 0.3) is 0 Å². The Morgan fingerprint density at radius 3 is 2.40 bits per heavy atom. The van der Waals surface area contributed by atoms with E-state index in [0.29, 0.717) is 18.1 Å². The summed E-state index contributed by atoms with van der Waals surface area (Å²) < 4.78 is 24.5. The van der Waals surface area contributed by atoms with E-state index in [1.165, 1.54) is 12.1 Å². The van der Waals surface area contributed by atoms with Crippen molar-refractivity contribution in [2.45, 2.75) is 17.3 Å². The summed E-state index contributed by atoms with van der Waals surface area (Å²) in [6.07, 6.45) is 3.44. The largest absolute Gasteiger partial charge is 0.492 e. The van der Waals surface area contributed by atoms with Crippen molar-refractivity contribution in [3.05, 3.63) is 72.8 Å². The van der Waals surface area contributed by atoms with Gasteiger partial charge in [-0.05, 0) is 49.4 Å². The molecular formula is C19H17FN2O2S. The van der Waals surface area contributed by atoms with Crippen LogP contribution in [-0.4, -0.2) is 21.8 Å². The number of thioether (sulfide) groups is 1. The van der Waals surface area contributed by atoms with E-state index >= 15 is 0 Å². The molecule has 3 rings (SSSR count). The van der Waals surface area contributed by atoms with Crippen molar-refractivity contribution in [3.63, 3.8) is 0 Å². The van der Waals surface area contributed by atoms with Gasteiger partial charge in [0.2, 0.25) is 0 Å². The van der Waals surface area contributed by atoms with E-state index in [0.717, 1.165) is 10.9 Å². The molecule has 0 bridgehead atoms. The third-order valence-electron chi connectivity index (χ3n) is 3.19. The van der Waals surface area contributed by atoms with Crippen LogP contribution in [0.15, 0.2) is 72.1 Å². The second-order valence-electron chi connectivity index (χ2n) is 5.30. The maximum Gasteiger partial charge on any atom is 0.187 e. The highest BCUT2D eigenvalue weighted by molar-refractivity contribution is 7.99. The van der Waals surface area contributed by atoms with Crippen LogP contribution in [0.3, 0.4) is 0 Å². The summed E-state index contributed by atoms with van der Waals surface area (Å²) in [5.74, 6) is 1.50. The zero-order valence-electron chi connectivity index (χ0n) is 13.6. The Morgan fingerprint density at radius 1 is 0.960 bits per heavy atom. The first-order valence-electron chi connectivity index (χ1n) is 7.79. The van der Waals surface area contributed by atoms with Gasteiger partial charge < -0.3 is 9.47 Å². The molecule has 4 nitrogen and oxygen atoms in total. The summed E-state index contributed by atoms with van der Waals surface area (Å²) in [4.78, 5) is 8.37. The molecule has 3 aromatic rings. The SMILES string of the molecule is CC(COc1ccc(Oc2cccc(F)c2)cc1)Sc1ncccn1. The molecule has 0 fully saturated rings. The zero-order chi connectivity index (χ0) is 17.5. The third-order valence-corrected chi connectivity index (χ3v) is 4.15. The molecule has 0 N–H and O–H groups in total. The minimum Gasteiger partial charge on any atom is -0.492 e. The zero-order valence-corrected chi connectivity index (χ0v) is 14.4. The lowest BCUT2D eigenvalue weighted by atomic mass is 10.3.